The molecule has 0 aliphatic carbocycles. The molecule has 0 aliphatic heterocycles. The molecule has 0 amide bonds. The van der Waals surface area contributed by atoms with E-state index in [9.17, 15) is 13.6 Å². The van der Waals surface area contributed by atoms with Gasteiger partial charge < -0.3 is 5.11 Å². The van der Waals surface area contributed by atoms with Gasteiger partial charge in [-0.2, -0.15) is 0 Å². The van der Waals surface area contributed by atoms with E-state index in [0.717, 1.165) is 6.07 Å². The number of benzene rings is 1. The summed E-state index contributed by atoms with van der Waals surface area (Å²) in [6.07, 6.45) is -2.76. The number of carboxylic acid groups (broad SMARTS) is 1. The molecule has 1 rings (SSSR count). The van der Waals surface area contributed by atoms with E-state index in [1.165, 1.54) is 12.1 Å². The van der Waals surface area contributed by atoms with Gasteiger partial charge in [0.05, 0.1) is 10.6 Å². The second kappa shape index (κ2) is 3.70. The van der Waals surface area contributed by atoms with Gasteiger partial charge in [0.1, 0.15) is 0 Å². The summed E-state index contributed by atoms with van der Waals surface area (Å²) < 4.78 is 24.4. The molecule has 0 saturated heterocycles. The third-order valence-electron chi connectivity index (χ3n) is 1.49. The number of carbonyl (C=O) groups is 1. The SMILES string of the molecule is O=C(O)c1cccc(C(F)F)c1Cl. The van der Waals surface area contributed by atoms with Gasteiger partial charge in [-0.3, -0.25) is 0 Å². The van der Waals surface area contributed by atoms with Crippen molar-refractivity contribution in [3.05, 3.63) is 34.3 Å². The third kappa shape index (κ3) is 1.95. The van der Waals surface area contributed by atoms with Gasteiger partial charge >= 0.3 is 5.97 Å². The van der Waals surface area contributed by atoms with Crippen molar-refractivity contribution < 1.29 is 18.7 Å². The molecule has 2 nitrogen and oxygen atoms in total. The second-order valence-electron chi connectivity index (χ2n) is 2.31. The first-order valence-corrected chi connectivity index (χ1v) is 3.71. The summed E-state index contributed by atoms with van der Waals surface area (Å²) in [6, 6.07) is 3.51. The van der Waals surface area contributed by atoms with Gasteiger partial charge in [-0.15, -0.1) is 0 Å². The van der Waals surface area contributed by atoms with Crippen molar-refractivity contribution in [2.75, 3.05) is 0 Å². The van der Waals surface area contributed by atoms with Gasteiger partial charge in [-0.25, -0.2) is 13.6 Å². The van der Waals surface area contributed by atoms with Crippen LogP contribution in [0.15, 0.2) is 18.2 Å². The lowest BCUT2D eigenvalue weighted by Crippen LogP contribution is -1.99. The van der Waals surface area contributed by atoms with Crippen LogP contribution in [0.5, 0.6) is 0 Å². The predicted octanol–water partition coefficient (Wildman–Crippen LogP) is 2.98. The van der Waals surface area contributed by atoms with Crippen LogP contribution in [0.4, 0.5) is 8.78 Å². The fourth-order valence-corrected chi connectivity index (χ4v) is 1.17. The first-order valence-electron chi connectivity index (χ1n) is 3.34. The Morgan fingerprint density at radius 3 is 2.54 bits per heavy atom. The number of rotatable bonds is 2. The maximum absolute atomic E-state index is 12.2. The number of halogens is 3. The van der Waals surface area contributed by atoms with Crippen molar-refractivity contribution >= 4 is 17.6 Å². The largest absolute Gasteiger partial charge is 0.478 e. The van der Waals surface area contributed by atoms with E-state index < -0.39 is 23.0 Å². The van der Waals surface area contributed by atoms with Crippen LogP contribution in [0.2, 0.25) is 5.02 Å². The first kappa shape index (κ1) is 9.92. The molecule has 5 heteroatoms. The quantitative estimate of drug-likeness (QED) is 0.808. The molecule has 0 aliphatic rings. The zero-order valence-electron chi connectivity index (χ0n) is 6.30. The summed E-state index contributed by atoms with van der Waals surface area (Å²) in [7, 11) is 0. The Balaban J connectivity index is 3.26. The van der Waals surface area contributed by atoms with Crippen LogP contribution in [0.1, 0.15) is 22.3 Å². The highest BCUT2D eigenvalue weighted by atomic mass is 35.5. The molecule has 70 valence electrons. The van der Waals surface area contributed by atoms with E-state index in [1.807, 2.05) is 0 Å². The van der Waals surface area contributed by atoms with Crippen LogP contribution in [0.3, 0.4) is 0 Å². The minimum Gasteiger partial charge on any atom is -0.478 e. The van der Waals surface area contributed by atoms with Gasteiger partial charge in [0.2, 0.25) is 0 Å². The number of alkyl halides is 2. The molecular formula is C8H5ClF2O2. The zero-order chi connectivity index (χ0) is 10.0. The standard InChI is InChI=1S/C8H5ClF2O2/c9-6-4(7(10)11)2-1-3-5(6)8(12)13/h1-3,7H,(H,12,13). The summed E-state index contributed by atoms with van der Waals surface area (Å²) in [5, 5.41) is 8.14. The molecular weight excluding hydrogens is 202 g/mol. The van der Waals surface area contributed by atoms with E-state index in [1.54, 1.807) is 0 Å². The fourth-order valence-electron chi connectivity index (χ4n) is 0.884. The van der Waals surface area contributed by atoms with Crippen LogP contribution in [0.25, 0.3) is 0 Å². The summed E-state index contributed by atoms with van der Waals surface area (Å²) >= 11 is 5.44. The summed E-state index contributed by atoms with van der Waals surface area (Å²) in [5.41, 5.74) is -0.763. The molecule has 0 spiro atoms. The van der Waals surface area contributed by atoms with E-state index in [-0.39, 0.29) is 5.56 Å². The Bertz CT molecular complexity index is 339. The molecule has 0 unspecified atom stereocenters. The Morgan fingerprint density at radius 1 is 1.46 bits per heavy atom. The monoisotopic (exact) mass is 206 g/mol. The number of hydrogen-bond donors (Lipinski definition) is 1. The van der Waals surface area contributed by atoms with Crippen LogP contribution in [0, 0.1) is 0 Å². The molecule has 0 bridgehead atoms. The zero-order valence-corrected chi connectivity index (χ0v) is 7.05. The highest BCUT2D eigenvalue weighted by Crippen LogP contribution is 2.29. The highest BCUT2D eigenvalue weighted by molar-refractivity contribution is 6.34. The van der Waals surface area contributed by atoms with E-state index in [0.29, 0.717) is 0 Å². The summed E-state index contributed by atoms with van der Waals surface area (Å²) in [5.74, 6) is -1.31. The topological polar surface area (TPSA) is 37.3 Å². The predicted molar refractivity (Wildman–Crippen MR) is 43.4 cm³/mol. The second-order valence-corrected chi connectivity index (χ2v) is 2.69. The normalized spacial score (nSPS) is 10.5. The third-order valence-corrected chi connectivity index (χ3v) is 1.92. The summed E-state index contributed by atoms with van der Waals surface area (Å²) in [4.78, 5) is 10.5. The van der Waals surface area contributed by atoms with Gasteiger partial charge in [0, 0.05) is 5.56 Å². The van der Waals surface area contributed by atoms with Crippen molar-refractivity contribution in [1.82, 2.24) is 0 Å². The number of hydrogen-bond acceptors (Lipinski definition) is 1. The van der Waals surface area contributed by atoms with E-state index >= 15 is 0 Å². The lowest BCUT2D eigenvalue weighted by Gasteiger charge is -2.04. The van der Waals surface area contributed by atoms with Gasteiger partial charge in [-0.1, -0.05) is 23.7 Å². The van der Waals surface area contributed by atoms with Crippen LogP contribution >= 0.6 is 11.6 Å². The average molecular weight is 207 g/mol. The van der Waals surface area contributed by atoms with E-state index in [2.05, 4.69) is 0 Å². The Kier molecular flexibility index (Phi) is 2.83. The first-order chi connectivity index (χ1) is 6.04. The minimum atomic E-state index is -2.76. The maximum atomic E-state index is 12.2. The lowest BCUT2D eigenvalue weighted by atomic mass is 10.1. The van der Waals surface area contributed by atoms with Crippen LogP contribution < -0.4 is 0 Å². The van der Waals surface area contributed by atoms with Gasteiger partial charge in [-0.05, 0) is 6.07 Å². The minimum absolute atomic E-state index is 0.306. The van der Waals surface area contributed by atoms with Gasteiger partial charge in [0.25, 0.3) is 6.43 Å². The van der Waals surface area contributed by atoms with Crippen molar-refractivity contribution in [2.45, 2.75) is 6.43 Å². The molecule has 0 heterocycles. The average Bonchev–Trinajstić information content (AvgIpc) is 2.03. The molecule has 0 fully saturated rings. The van der Waals surface area contributed by atoms with Crippen molar-refractivity contribution in [1.29, 1.82) is 0 Å². The highest BCUT2D eigenvalue weighted by Gasteiger charge is 2.17. The number of carboxylic acids is 1. The molecule has 0 saturated carbocycles. The molecule has 0 aromatic heterocycles. The van der Waals surface area contributed by atoms with E-state index in [4.69, 9.17) is 16.7 Å². The van der Waals surface area contributed by atoms with Crippen molar-refractivity contribution in [3.8, 4) is 0 Å². The molecule has 0 radical (unpaired) electrons. The Hall–Kier alpha value is -1.16. The van der Waals surface area contributed by atoms with Crippen molar-refractivity contribution in [2.24, 2.45) is 0 Å². The van der Waals surface area contributed by atoms with Crippen molar-refractivity contribution in [3.63, 3.8) is 0 Å². The summed E-state index contributed by atoms with van der Waals surface area (Å²) in [6.45, 7) is 0. The maximum Gasteiger partial charge on any atom is 0.337 e. The van der Waals surface area contributed by atoms with Crippen LogP contribution in [-0.4, -0.2) is 11.1 Å². The smallest absolute Gasteiger partial charge is 0.337 e. The fraction of sp³-hybridized carbons (Fsp3) is 0.125. The Labute approximate surface area is 77.8 Å². The van der Waals surface area contributed by atoms with Crippen LogP contribution in [-0.2, 0) is 0 Å². The number of aromatic carboxylic acids is 1. The molecule has 1 aromatic rings. The van der Waals surface area contributed by atoms with Gasteiger partial charge in [0.15, 0.2) is 0 Å². The molecule has 1 aromatic carbocycles. The Morgan fingerprint density at radius 2 is 2.08 bits per heavy atom. The molecule has 0 atom stereocenters. The molecule has 13 heavy (non-hydrogen) atoms. The lowest BCUT2D eigenvalue weighted by molar-refractivity contribution is 0.0696. The molecule has 1 N–H and O–H groups in total.